The first kappa shape index (κ1) is 16.7. The minimum atomic E-state index is -0.325. The first-order valence-electron chi connectivity index (χ1n) is 7.97. The van der Waals surface area contributed by atoms with Crippen molar-refractivity contribution in [1.29, 1.82) is 0 Å². The molecule has 0 atom stereocenters. The molecule has 0 radical (unpaired) electrons. The largest absolute Gasteiger partial charge is 0.481 e. The van der Waals surface area contributed by atoms with E-state index in [1.807, 2.05) is 51.2 Å². The van der Waals surface area contributed by atoms with Crippen LogP contribution in [0.3, 0.4) is 0 Å². The van der Waals surface area contributed by atoms with E-state index in [1.54, 1.807) is 18.5 Å². The van der Waals surface area contributed by atoms with Crippen molar-refractivity contribution in [3.63, 3.8) is 0 Å². The van der Waals surface area contributed by atoms with Crippen molar-refractivity contribution in [1.82, 2.24) is 15.0 Å². The van der Waals surface area contributed by atoms with E-state index >= 15 is 0 Å². The van der Waals surface area contributed by atoms with E-state index in [0.717, 1.165) is 27.9 Å². The number of amides is 1. The van der Waals surface area contributed by atoms with Gasteiger partial charge in [0, 0.05) is 35.6 Å². The summed E-state index contributed by atoms with van der Waals surface area (Å²) in [5.74, 6) is 0.251. The van der Waals surface area contributed by atoms with Gasteiger partial charge in [-0.1, -0.05) is 18.2 Å². The lowest BCUT2D eigenvalue weighted by molar-refractivity contribution is -0.123. The highest BCUT2D eigenvalue weighted by molar-refractivity contribution is 5.86. The molecule has 0 spiro atoms. The number of hydrogen-bond acceptors (Lipinski definition) is 4. The third kappa shape index (κ3) is 3.68. The van der Waals surface area contributed by atoms with Crippen LogP contribution in [0.15, 0.2) is 47.7 Å². The van der Waals surface area contributed by atoms with Crippen LogP contribution in [0, 0.1) is 13.8 Å². The van der Waals surface area contributed by atoms with Crippen LogP contribution in [0.4, 0.5) is 0 Å². The Hall–Kier alpha value is -3.15. The molecule has 3 rings (SSSR count). The SMILES string of the molecule is Cc1cc(/C=N\NC(=O)COc2cccc3cccnc23)c(C)n1C. The molecule has 1 amide bonds. The molecule has 2 heterocycles. The van der Waals surface area contributed by atoms with Crippen LogP contribution in [0.2, 0.25) is 0 Å². The number of nitrogens with one attached hydrogen (secondary N) is 1. The van der Waals surface area contributed by atoms with Gasteiger partial charge in [-0.25, -0.2) is 5.43 Å². The average molecular weight is 336 g/mol. The molecule has 0 bridgehead atoms. The normalized spacial score (nSPS) is 11.2. The van der Waals surface area contributed by atoms with Gasteiger partial charge in [-0.2, -0.15) is 5.10 Å². The molecular formula is C19H20N4O2. The number of carbonyl (C=O) groups is 1. The van der Waals surface area contributed by atoms with Crippen LogP contribution in [0.5, 0.6) is 5.75 Å². The highest BCUT2D eigenvalue weighted by Gasteiger charge is 2.07. The van der Waals surface area contributed by atoms with Crippen LogP contribution < -0.4 is 10.2 Å². The van der Waals surface area contributed by atoms with Crippen LogP contribution in [0.1, 0.15) is 17.0 Å². The Kier molecular flexibility index (Phi) is 4.79. The summed E-state index contributed by atoms with van der Waals surface area (Å²) in [7, 11) is 1.99. The third-order valence-electron chi connectivity index (χ3n) is 4.16. The summed E-state index contributed by atoms with van der Waals surface area (Å²) in [5.41, 5.74) is 6.41. The topological polar surface area (TPSA) is 68.5 Å². The minimum Gasteiger partial charge on any atom is -0.481 e. The number of ether oxygens (including phenoxy) is 1. The fraction of sp³-hybridized carbons (Fsp3) is 0.211. The fourth-order valence-corrected chi connectivity index (χ4v) is 2.56. The minimum absolute atomic E-state index is 0.125. The number of hydrazone groups is 1. The number of fused-ring (bicyclic) bond motifs is 1. The van der Waals surface area contributed by atoms with Gasteiger partial charge < -0.3 is 9.30 Å². The van der Waals surface area contributed by atoms with Crippen LogP contribution in [-0.4, -0.2) is 28.3 Å². The van der Waals surface area contributed by atoms with Gasteiger partial charge >= 0.3 is 0 Å². The smallest absolute Gasteiger partial charge is 0.277 e. The summed E-state index contributed by atoms with van der Waals surface area (Å²) >= 11 is 0. The summed E-state index contributed by atoms with van der Waals surface area (Å²) in [6.45, 7) is 3.90. The molecule has 0 aliphatic carbocycles. The number of rotatable bonds is 5. The first-order valence-corrected chi connectivity index (χ1v) is 7.97. The lowest BCUT2D eigenvalue weighted by atomic mass is 10.2. The Morgan fingerprint density at radius 3 is 2.88 bits per heavy atom. The lowest BCUT2D eigenvalue weighted by Crippen LogP contribution is -2.24. The Labute approximate surface area is 146 Å². The predicted molar refractivity (Wildman–Crippen MR) is 97.9 cm³/mol. The Balaban J connectivity index is 1.59. The molecule has 1 aromatic carbocycles. The Morgan fingerprint density at radius 1 is 1.32 bits per heavy atom. The van der Waals surface area contributed by atoms with Crippen LogP contribution in [0.25, 0.3) is 10.9 Å². The van der Waals surface area contributed by atoms with E-state index in [9.17, 15) is 4.79 Å². The molecule has 25 heavy (non-hydrogen) atoms. The molecule has 0 saturated heterocycles. The van der Waals surface area contributed by atoms with Crippen molar-refractivity contribution in [2.45, 2.75) is 13.8 Å². The van der Waals surface area contributed by atoms with Gasteiger partial charge in [0.15, 0.2) is 6.61 Å². The zero-order chi connectivity index (χ0) is 17.8. The van der Waals surface area contributed by atoms with Crippen molar-refractivity contribution in [3.05, 3.63) is 59.5 Å². The number of aryl methyl sites for hydroxylation is 1. The zero-order valence-electron chi connectivity index (χ0n) is 14.5. The van der Waals surface area contributed by atoms with E-state index in [2.05, 4.69) is 20.1 Å². The van der Waals surface area contributed by atoms with Gasteiger partial charge in [0.05, 0.1) is 6.21 Å². The predicted octanol–water partition coefficient (Wildman–Crippen LogP) is 2.72. The van der Waals surface area contributed by atoms with E-state index in [-0.39, 0.29) is 12.5 Å². The van der Waals surface area contributed by atoms with Gasteiger partial charge in [-0.15, -0.1) is 0 Å². The fourth-order valence-electron chi connectivity index (χ4n) is 2.56. The monoisotopic (exact) mass is 336 g/mol. The molecule has 0 aliphatic heterocycles. The first-order chi connectivity index (χ1) is 12.1. The second-order valence-electron chi connectivity index (χ2n) is 5.80. The number of carbonyl (C=O) groups excluding carboxylic acids is 1. The van der Waals surface area contributed by atoms with Gasteiger partial charge in [-0.05, 0) is 32.0 Å². The van der Waals surface area contributed by atoms with Gasteiger partial charge in [0.1, 0.15) is 11.3 Å². The maximum absolute atomic E-state index is 11.9. The lowest BCUT2D eigenvalue weighted by Gasteiger charge is -2.07. The van der Waals surface area contributed by atoms with Crippen LogP contribution >= 0.6 is 0 Å². The molecule has 0 fully saturated rings. The number of nitrogens with zero attached hydrogens (tertiary/aromatic N) is 3. The molecule has 128 valence electrons. The third-order valence-corrected chi connectivity index (χ3v) is 4.16. The van der Waals surface area contributed by atoms with Gasteiger partial charge in [0.2, 0.25) is 0 Å². The Bertz CT molecular complexity index is 938. The van der Waals surface area contributed by atoms with Crippen molar-refractivity contribution in [2.75, 3.05) is 6.61 Å². The van der Waals surface area contributed by atoms with Crippen molar-refractivity contribution >= 4 is 23.0 Å². The maximum atomic E-state index is 11.9. The molecule has 6 heteroatoms. The van der Waals surface area contributed by atoms with Gasteiger partial charge in [0.25, 0.3) is 5.91 Å². The van der Waals surface area contributed by atoms with E-state index < -0.39 is 0 Å². The summed E-state index contributed by atoms with van der Waals surface area (Å²) in [6, 6.07) is 11.4. The van der Waals surface area contributed by atoms with E-state index in [4.69, 9.17) is 4.74 Å². The summed E-state index contributed by atoms with van der Waals surface area (Å²) in [4.78, 5) is 16.2. The van der Waals surface area contributed by atoms with E-state index in [1.165, 1.54) is 0 Å². The highest BCUT2D eigenvalue weighted by atomic mass is 16.5. The summed E-state index contributed by atoms with van der Waals surface area (Å²) in [6.07, 6.45) is 3.34. The molecular weight excluding hydrogens is 316 g/mol. The number of para-hydroxylation sites is 1. The number of benzene rings is 1. The second kappa shape index (κ2) is 7.17. The summed E-state index contributed by atoms with van der Waals surface area (Å²) in [5, 5.41) is 4.96. The standard InChI is InChI=1S/C19H20N4O2/c1-13-10-16(14(2)23(13)3)11-21-22-18(24)12-25-17-8-4-6-15-7-5-9-20-19(15)17/h4-11H,12H2,1-3H3,(H,22,24)/b21-11-. The molecule has 1 N–H and O–H groups in total. The van der Waals surface area contributed by atoms with Crippen LogP contribution in [-0.2, 0) is 11.8 Å². The quantitative estimate of drug-likeness (QED) is 0.575. The highest BCUT2D eigenvalue weighted by Crippen LogP contribution is 2.22. The Morgan fingerprint density at radius 2 is 2.12 bits per heavy atom. The number of hydrogen-bond donors (Lipinski definition) is 1. The molecule has 3 aromatic rings. The van der Waals surface area contributed by atoms with E-state index in [0.29, 0.717) is 5.75 Å². The van der Waals surface area contributed by atoms with Crippen molar-refractivity contribution < 1.29 is 9.53 Å². The van der Waals surface area contributed by atoms with Crippen molar-refractivity contribution in [2.24, 2.45) is 12.1 Å². The maximum Gasteiger partial charge on any atom is 0.277 e. The zero-order valence-corrected chi connectivity index (χ0v) is 14.5. The number of pyridine rings is 1. The van der Waals surface area contributed by atoms with Gasteiger partial charge in [-0.3, -0.25) is 9.78 Å². The number of aromatic nitrogens is 2. The van der Waals surface area contributed by atoms with Crippen molar-refractivity contribution in [3.8, 4) is 5.75 Å². The molecule has 0 unspecified atom stereocenters. The summed E-state index contributed by atoms with van der Waals surface area (Å²) < 4.78 is 7.65. The molecule has 2 aromatic heterocycles. The second-order valence-corrected chi connectivity index (χ2v) is 5.80. The molecule has 0 aliphatic rings. The average Bonchev–Trinajstić information content (AvgIpc) is 2.87. The molecule has 6 nitrogen and oxygen atoms in total. The molecule has 0 saturated carbocycles.